The van der Waals surface area contributed by atoms with E-state index in [-0.39, 0.29) is 11.8 Å². The number of rotatable bonds is 4. The molecular weight excluding hydrogens is 368 g/mol. The van der Waals surface area contributed by atoms with Crippen molar-refractivity contribution in [3.63, 3.8) is 0 Å². The summed E-state index contributed by atoms with van der Waals surface area (Å²) < 4.78 is 11.4. The van der Waals surface area contributed by atoms with E-state index in [2.05, 4.69) is 26.6 Å². The molecule has 0 spiro atoms. The van der Waals surface area contributed by atoms with E-state index in [0.29, 0.717) is 22.2 Å². The molecule has 2 N–H and O–H groups in total. The van der Waals surface area contributed by atoms with Crippen LogP contribution in [0.2, 0.25) is 0 Å². The quantitative estimate of drug-likeness (QED) is 0.778. The highest BCUT2D eigenvalue weighted by Crippen LogP contribution is 2.39. The van der Waals surface area contributed by atoms with Gasteiger partial charge in [-0.15, -0.1) is 0 Å². The van der Waals surface area contributed by atoms with Gasteiger partial charge in [-0.05, 0) is 59.7 Å². The van der Waals surface area contributed by atoms with Gasteiger partial charge < -0.3 is 20.1 Å². The molecule has 1 aromatic rings. The SMILES string of the molecule is COc1cc(C2NC(=S)NC(C)=C2C(C)=O)cc(Br)c1OC. The highest BCUT2D eigenvalue weighted by Gasteiger charge is 2.29. The van der Waals surface area contributed by atoms with Crippen LogP contribution in [0.4, 0.5) is 0 Å². The second-order valence-corrected chi connectivity index (χ2v) is 6.13. The van der Waals surface area contributed by atoms with Crippen molar-refractivity contribution in [2.45, 2.75) is 19.9 Å². The van der Waals surface area contributed by atoms with Gasteiger partial charge in [0.1, 0.15) is 0 Å². The molecule has 1 aliphatic heterocycles. The van der Waals surface area contributed by atoms with E-state index in [9.17, 15) is 4.79 Å². The Labute approximate surface area is 143 Å². The first-order chi connectivity index (χ1) is 10.4. The largest absolute Gasteiger partial charge is 0.493 e. The third-order valence-electron chi connectivity index (χ3n) is 3.44. The van der Waals surface area contributed by atoms with Gasteiger partial charge in [0.15, 0.2) is 22.4 Å². The van der Waals surface area contributed by atoms with E-state index in [4.69, 9.17) is 21.7 Å². The van der Waals surface area contributed by atoms with Gasteiger partial charge in [-0.1, -0.05) is 0 Å². The molecule has 1 unspecified atom stereocenters. The summed E-state index contributed by atoms with van der Waals surface area (Å²) in [6, 6.07) is 3.40. The fourth-order valence-electron chi connectivity index (χ4n) is 2.52. The number of allylic oxidation sites excluding steroid dienone is 1. The summed E-state index contributed by atoms with van der Waals surface area (Å²) >= 11 is 8.68. The Morgan fingerprint density at radius 2 is 2.00 bits per heavy atom. The van der Waals surface area contributed by atoms with Crippen molar-refractivity contribution in [1.82, 2.24) is 10.6 Å². The van der Waals surface area contributed by atoms with Gasteiger partial charge in [0.2, 0.25) is 0 Å². The Kier molecular flexibility index (Phi) is 5.08. The Bertz CT molecular complexity index is 673. The van der Waals surface area contributed by atoms with E-state index in [1.54, 1.807) is 21.1 Å². The van der Waals surface area contributed by atoms with Crippen LogP contribution in [0, 0.1) is 0 Å². The van der Waals surface area contributed by atoms with Crippen LogP contribution < -0.4 is 20.1 Å². The predicted octanol–water partition coefficient (Wildman–Crippen LogP) is 2.85. The number of carbonyl (C=O) groups excluding carboxylic acids is 1. The molecule has 22 heavy (non-hydrogen) atoms. The summed E-state index contributed by atoms with van der Waals surface area (Å²) in [5.74, 6) is 1.17. The molecule has 1 aromatic carbocycles. The first-order valence-electron chi connectivity index (χ1n) is 6.59. The van der Waals surface area contributed by atoms with Crippen LogP contribution in [0.3, 0.4) is 0 Å². The lowest BCUT2D eigenvalue weighted by Crippen LogP contribution is -2.44. The maximum atomic E-state index is 12.0. The number of ketones is 1. The standard InChI is InChI=1S/C15H17BrN2O3S/c1-7-12(8(2)19)13(18-15(22)17-7)9-5-10(16)14(21-4)11(6-9)20-3/h5-6,13H,1-4H3,(H2,17,18,22). The molecule has 0 saturated heterocycles. The fourth-order valence-corrected chi connectivity index (χ4v) is 3.41. The maximum absolute atomic E-state index is 12.0. The number of hydrogen-bond donors (Lipinski definition) is 2. The molecule has 5 nitrogen and oxygen atoms in total. The Morgan fingerprint density at radius 1 is 1.32 bits per heavy atom. The predicted molar refractivity (Wildman–Crippen MR) is 92.2 cm³/mol. The van der Waals surface area contributed by atoms with Crippen molar-refractivity contribution in [3.8, 4) is 11.5 Å². The van der Waals surface area contributed by atoms with Crippen molar-refractivity contribution in [1.29, 1.82) is 0 Å². The molecule has 0 amide bonds. The maximum Gasteiger partial charge on any atom is 0.174 e. The van der Waals surface area contributed by atoms with E-state index in [1.807, 2.05) is 19.1 Å². The summed E-state index contributed by atoms with van der Waals surface area (Å²) in [7, 11) is 3.15. The molecule has 0 saturated carbocycles. The number of Topliss-reactive ketones (excluding diaryl/α,β-unsaturated/α-hetero) is 1. The Balaban J connectivity index is 2.58. The lowest BCUT2D eigenvalue weighted by molar-refractivity contribution is -0.114. The Morgan fingerprint density at radius 3 is 2.55 bits per heavy atom. The molecule has 0 aromatic heterocycles. The number of ether oxygens (including phenoxy) is 2. The molecule has 0 radical (unpaired) electrons. The highest BCUT2D eigenvalue weighted by atomic mass is 79.9. The normalized spacial score (nSPS) is 17.7. The summed E-state index contributed by atoms with van der Waals surface area (Å²) in [6.07, 6.45) is 0. The lowest BCUT2D eigenvalue weighted by atomic mass is 9.93. The van der Waals surface area contributed by atoms with Gasteiger partial charge in [0.25, 0.3) is 0 Å². The lowest BCUT2D eigenvalue weighted by Gasteiger charge is -2.30. The summed E-state index contributed by atoms with van der Waals surface area (Å²) in [6.45, 7) is 3.38. The molecule has 118 valence electrons. The molecule has 7 heteroatoms. The number of halogens is 1. The van der Waals surface area contributed by atoms with Crippen LogP contribution in [0.25, 0.3) is 0 Å². The molecule has 0 fully saturated rings. The van der Waals surface area contributed by atoms with Gasteiger partial charge in [-0.3, -0.25) is 4.79 Å². The van der Waals surface area contributed by atoms with E-state index >= 15 is 0 Å². The zero-order valence-corrected chi connectivity index (χ0v) is 15.1. The average molecular weight is 385 g/mol. The summed E-state index contributed by atoms with van der Waals surface area (Å²) in [5.41, 5.74) is 2.26. The van der Waals surface area contributed by atoms with Gasteiger partial charge in [-0.2, -0.15) is 0 Å². The van der Waals surface area contributed by atoms with Gasteiger partial charge in [-0.25, -0.2) is 0 Å². The molecule has 0 bridgehead atoms. The first kappa shape index (κ1) is 16.8. The third kappa shape index (κ3) is 3.10. The topological polar surface area (TPSA) is 59.6 Å². The molecular formula is C15H17BrN2O3S. The van der Waals surface area contributed by atoms with E-state index in [1.165, 1.54) is 0 Å². The van der Waals surface area contributed by atoms with E-state index < -0.39 is 0 Å². The summed E-state index contributed by atoms with van der Waals surface area (Å²) in [5, 5.41) is 6.61. The number of carbonyl (C=O) groups is 1. The second kappa shape index (κ2) is 6.66. The van der Waals surface area contributed by atoms with Gasteiger partial charge >= 0.3 is 0 Å². The van der Waals surface area contributed by atoms with Crippen LogP contribution in [0.5, 0.6) is 11.5 Å². The number of hydrogen-bond acceptors (Lipinski definition) is 4. The van der Waals surface area contributed by atoms with Crippen LogP contribution in [0.15, 0.2) is 27.9 Å². The van der Waals surface area contributed by atoms with Crippen molar-refractivity contribution >= 4 is 39.0 Å². The minimum Gasteiger partial charge on any atom is -0.493 e. The van der Waals surface area contributed by atoms with Crippen LogP contribution in [0.1, 0.15) is 25.5 Å². The highest BCUT2D eigenvalue weighted by molar-refractivity contribution is 9.10. The molecule has 1 heterocycles. The first-order valence-corrected chi connectivity index (χ1v) is 7.79. The van der Waals surface area contributed by atoms with Gasteiger partial charge in [0.05, 0.1) is 24.7 Å². The second-order valence-electron chi connectivity index (χ2n) is 4.86. The number of benzene rings is 1. The molecule has 1 atom stereocenters. The molecule has 0 aliphatic carbocycles. The minimum absolute atomic E-state index is 0.0177. The zero-order valence-electron chi connectivity index (χ0n) is 12.7. The third-order valence-corrected chi connectivity index (χ3v) is 4.25. The van der Waals surface area contributed by atoms with Crippen LogP contribution in [-0.2, 0) is 4.79 Å². The molecule has 1 aliphatic rings. The average Bonchev–Trinajstić information content (AvgIpc) is 2.44. The van der Waals surface area contributed by atoms with Crippen LogP contribution in [-0.4, -0.2) is 25.1 Å². The minimum atomic E-state index is -0.331. The molecule has 2 rings (SSSR count). The van der Waals surface area contributed by atoms with Crippen molar-refractivity contribution < 1.29 is 14.3 Å². The monoisotopic (exact) mass is 384 g/mol. The van der Waals surface area contributed by atoms with Gasteiger partial charge in [0, 0.05) is 11.3 Å². The number of thiocarbonyl (C=S) groups is 1. The van der Waals surface area contributed by atoms with E-state index in [0.717, 1.165) is 15.7 Å². The van der Waals surface area contributed by atoms with Crippen molar-refractivity contribution in [2.75, 3.05) is 14.2 Å². The van der Waals surface area contributed by atoms with Crippen molar-refractivity contribution in [3.05, 3.63) is 33.4 Å². The van der Waals surface area contributed by atoms with Crippen molar-refractivity contribution in [2.24, 2.45) is 0 Å². The number of methoxy groups -OCH3 is 2. The Hall–Kier alpha value is -1.60. The number of nitrogens with one attached hydrogen (secondary N) is 2. The van der Waals surface area contributed by atoms with Crippen LogP contribution >= 0.6 is 28.1 Å². The summed E-state index contributed by atoms with van der Waals surface area (Å²) in [4.78, 5) is 12.0. The zero-order chi connectivity index (χ0) is 16.4. The fraction of sp³-hybridized carbons (Fsp3) is 0.333. The smallest absolute Gasteiger partial charge is 0.174 e.